The van der Waals surface area contributed by atoms with Gasteiger partial charge >= 0.3 is 0 Å². The lowest BCUT2D eigenvalue weighted by Crippen LogP contribution is -2.38. The zero-order valence-corrected chi connectivity index (χ0v) is 17.4. The van der Waals surface area contributed by atoms with Gasteiger partial charge in [0.1, 0.15) is 5.69 Å². The molecule has 2 amide bonds. The number of carbonyl (C=O) groups excluding carboxylic acids is 2. The Labute approximate surface area is 178 Å². The summed E-state index contributed by atoms with van der Waals surface area (Å²) in [5, 5.41) is 9.02. The number of amides is 2. The van der Waals surface area contributed by atoms with Crippen LogP contribution in [0.4, 0.5) is 5.69 Å². The van der Waals surface area contributed by atoms with Gasteiger partial charge in [-0.3, -0.25) is 14.4 Å². The number of para-hydroxylation sites is 1. The Morgan fingerprint density at radius 2 is 2.00 bits per heavy atom. The summed E-state index contributed by atoms with van der Waals surface area (Å²) in [6.07, 6.45) is 0.894. The Morgan fingerprint density at radius 3 is 2.80 bits per heavy atom. The van der Waals surface area contributed by atoms with Crippen LogP contribution in [0.25, 0.3) is 0 Å². The second-order valence-electron chi connectivity index (χ2n) is 7.24. The van der Waals surface area contributed by atoms with Crippen molar-refractivity contribution in [2.75, 3.05) is 4.90 Å². The first-order valence-corrected chi connectivity index (χ1v) is 10.7. The average molecular weight is 423 g/mol. The van der Waals surface area contributed by atoms with Crippen LogP contribution in [0.2, 0.25) is 0 Å². The van der Waals surface area contributed by atoms with Gasteiger partial charge in [0, 0.05) is 29.1 Å². The van der Waals surface area contributed by atoms with E-state index in [1.165, 1.54) is 16.8 Å². The first-order valence-electron chi connectivity index (χ1n) is 9.81. The summed E-state index contributed by atoms with van der Waals surface area (Å²) in [5.74, 6) is -0.417. The molecule has 3 heterocycles. The fourth-order valence-electron chi connectivity index (χ4n) is 3.62. The summed E-state index contributed by atoms with van der Waals surface area (Å²) in [6, 6.07) is 14.5. The second kappa shape index (κ2) is 8.62. The number of thiophene rings is 1. The highest BCUT2D eigenvalue weighted by molar-refractivity contribution is 7.09. The van der Waals surface area contributed by atoms with Gasteiger partial charge in [-0.15, -0.1) is 11.3 Å². The minimum absolute atomic E-state index is 0.0140. The molecule has 1 aliphatic heterocycles. The molecule has 7 nitrogen and oxygen atoms in total. The SMILES string of the molecule is C[C@H]1Cc2ccccc2N1C(=O)c1ccc(=O)n(CCC(=O)NCc2cccs2)n1. The number of carbonyl (C=O) groups is 2. The van der Waals surface area contributed by atoms with E-state index in [1.54, 1.807) is 16.2 Å². The highest BCUT2D eigenvalue weighted by Gasteiger charge is 2.32. The summed E-state index contributed by atoms with van der Waals surface area (Å²) < 4.78 is 1.19. The van der Waals surface area contributed by atoms with E-state index in [1.807, 2.05) is 48.7 Å². The maximum absolute atomic E-state index is 13.1. The van der Waals surface area contributed by atoms with Crippen molar-refractivity contribution >= 4 is 28.8 Å². The van der Waals surface area contributed by atoms with Crippen LogP contribution in [0.3, 0.4) is 0 Å². The molecule has 154 valence electrons. The first kappa shape index (κ1) is 20.0. The van der Waals surface area contributed by atoms with E-state index in [-0.39, 0.29) is 42.1 Å². The standard InChI is InChI=1S/C22H22N4O3S/c1-15-13-16-5-2-3-7-19(16)26(15)22(29)18-8-9-21(28)25(24-18)11-10-20(27)23-14-17-6-4-12-30-17/h2-9,12,15H,10-11,13-14H2,1H3,(H,23,27)/t15-/m0/s1. The molecule has 1 aromatic carbocycles. The van der Waals surface area contributed by atoms with Gasteiger partial charge in [-0.2, -0.15) is 5.10 Å². The second-order valence-corrected chi connectivity index (χ2v) is 8.28. The van der Waals surface area contributed by atoms with Gasteiger partial charge in [0.2, 0.25) is 5.91 Å². The lowest BCUT2D eigenvalue weighted by Gasteiger charge is -2.22. The molecule has 3 aromatic rings. The number of nitrogens with one attached hydrogen (secondary N) is 1. The van der Waals surface area contributed by atoms with Crippen molar-refractivity contribution < 1.29 is 9.59 Å². The molecule has 0 aliphatic carbocycles. The van der Waals surface area contributed by atoms with Crippen LogP contribution in [-0.4, -0.2) is 27.6 Å². The molecule has 1 N–H and O–H groups in total. The predicted octanol–water partition coefficient (Wildman–Crippen LogP) is 2.60. The fourth-order valence-corrected chi connectivity index (χ4v) is 4.26. The highest BCUT2D eigenvalue weighted by atomic mass is 32.1. The monoisotopic (exact) mass is 422 g/mol. The molecule has 0 saturated heterocycles. The molecule has 0 unspecified atom stereocenters. The summed E-state index contributed by atoms with van der Waals surface area (Å²) in [6.45, 7) is 2.57. The molecular weight excluding hydrogens is 400 g/mol. The Balaban J connectivity index is 1.45. The van der Waals surface area contributed by atoms with Crippen molar-refractivity contribution in [3.8, 4) is 0 Å². The summed E-state index contributed by atoms with van der Waals surface area (Å²) >= 11 is 1.57. The summed E-state index contributed by atoms with van der Waals surface area (Å²) in [5.41, 5.74) is 1.85. The maximum atomic E-state index is 13.1. The van der Waals surface area contributed by atoms with Crippen LogP contribution >= 0.6 is 11.3 Å². The minimum Gasteiger partial charge on any atom is -0.351 e. The lowest BCUT2D eigenvalue weighted by atomic mass is 10.1. The number of anilines is 1. The van der Waals surface area contributed by atoms with E-state index in [0.29, 0.717) is 6.54 Å². The van der Waals surface area contributed by atoms with Gasteiger partial charge in [0.25, 0.3) is 11.5 Å². The number of benzene rings is 1. The van der Waals surface area contributed by atoms with Crippen LogP contribution in [0.15, 0.2) is 58.7 Å². The summed E-state index contributed by atoms with van der Waals surface area (Å²) in [7, 11) is 0. The van der Waals surface area contributed by atoms with Crippen molar-refractivity contribution in [1.82, 2.24) is 15.1 Å². The molecule has 0 saturated carbocycles. The molecule has 30 heavy (non-hydrogen) atoms. The largest absolute Gasteiger partial charge is 0.351 e. The third kappa shape index (κ3) is 4.18. The van der Waals surface area contributed by atoms with Gasteiger partial charge in [-0.1, -0.05) is 24.3 Å². The number of fused-ring (bicyclic) bond motifs is 1. The molecule has 4 rings (SSSR count). The van der Waals surface area contributed by atoms with Gasteiger partial charge in [0.15, 0.2) is 0 Å². The van der Waals surface area contributed by atoms with Gasteiger partial charge in [0.05, 0.1) is 13.1 Å². The van der Waals surface area contributed by atoms with Crippen molar-refractivity contribution in [1.29, 1.82) is 0 Å². The van der Waals surface area contributed by atoms with Crippen molar-refractivity contribution in [3.05, 3.63) is 80.4 Å². The molecule has 0 fully saturated rings. The number of aryl methyl sites for hydroxylation is 1. The van der Waals surface area contributed by atoms with E-state index < -0.39 is 0 Å². The predicted molar refractivity (Wildman–Crippen MR) is 116 cm³/mol. The Hall–Kier alpha value is -3.26. The number of nitrogens with zero attached hydrogens (tertiary/aromatic N) is 3. The normalized spacial score (nSPS) is 15.1. The highest BCUT2D eigenvalue weighted by Crippen LogP contribution is 2.32. The van der Waals surface area contributed by atoms with E-state index in [2.05, 4.69) is 10.4 Å². The average Bonchev–Trinajstić information content (AvgIpc) is 3.38. The smallest absolute Gasteiger partial charge is 0.278 e. The molecule has 0 radical (unpaired) electrons. The van der Waals surface area contributed by atoms with Crippen molar-refractivity contribution in [3.63, 3.8) is 0 Å². The maximum Gasteiger partial charge on any atom is 0.278 e. The zero-order chi connectivity index (χ0) is 21.1. The third-order valence-corrected chi connectivity index (χ3v) is 5.98. The quantitative estimate of drug-likeness (QED) is 0.662. The van der Waals surface area contributed by atoms with E-state index in [0.717, 1.165) is 22.5 Å². The van der Waals surface area contributed by atoms with Crippen molar-refractivity contribution in [2.24, 2.45) is 0 Å². The Morgan fingerprint density at radius 1 is 1.17 bits per heavy atom. The lowest BCUT2D eigenvalue weighted by molar-refractivity contribution is -0.121. The number of hydrogen-bond donors (Lipinski definition) is 1. The Bertz CT molecular complexity index is 1120. The van der Waals surface area contributed by atoms with Crippen LogP contribution in [0.5, 0.6) is 0 Å². The third-order valence-electron chi connectivity index (χ3n) is 5.10. The van der Waals surface area contributed by atoms with Crippen LogP contribution in [0.1, 0.15) is 34.3 Å². The van der Waals surface area contributed by atoms with Crippen LogP contribution in [0, 0.1) is 0 Å². The Kier molecular flexibility index (Phi) is 5.76. The van der Waals surface area contributed by atoms with Crippen LogP contribution < -0.4 is 15.8 Å². The van der Waals surface area contributed by atoms with Gasteiger partial charge in [-0.05, 0) is 42.5 Å². The molecule has 2 aromatic heterocycles. The number of aromatic nitrogens is 2. The van der Waals surface area contributed by atoms with Gasteiger partial charge in [-0.25, -0.2) is 4.68 Å². The van der Waals surface area contributed by atoms with Crippen LogP contribution in [-0.2, 0) is 24.3 Å². The van der Waals surface area contributed by atoms with Crippen molar-refractivity contribution in [2.45, 2.75) is 38.9 Å². The number of hydrogen-bond acceptors (Lipinski definition) is 5. The van der Waals surface area contributed by atoms with E-state index in [9.17, 15) is 14.4 Å². The zero-order valence-electron chi connectivity index (χ0n) is 16.6. The number of rotatable bonds is 6. The van der Waals surface area contributed by atoms with E-state index in [4.69, 9.17) is 0 Å². The molecule has 8 heteroatoms. The first-order chi connectivity index (χ1) is 14.5. The fraction of sp³-hybridized carbons (Fsp3) is 0.273. The topological polar surface area (TPSA) is 84.3 Å². The molecule has 1 aliphatic rings. The molecule has 0 spiro atoms. The molecule has 1 atom stereocenters. The molecule has 0 bridgehead atoms. The minimum atomic E-state index is -0.340. The van der Waals surface area contributed by atoms with E-state index >= 15 is 0 Å². The molecular formula is C22H22N4O3S. The van der Waals surface area contributed by atoms with Gasteiger partial charge < -0.3 is 10.2 Å². The summed E-state index contributed by atoms with van der Waals surface area (Å²) in [4.78, 5) is 40.2.